The van der Waals surface area contributed by atoms with Gasteiger partial charge in [0.15, 0.2) is 11.5 Å². The first-order chi connectivity index (χ1) is 15.4. The van der Waals surface area contributed by atoms with Gasteiger partial charge in [0.05, 0.1) is 17.4 Å². The topological polar surface area (TPSA) is 94.2 Å². The summed E-state index contributed by atoms with van der Waals surface area (Å²) in [7, 11) is -3.71. The lowest BCUT2D eigenvalue weighted by Gasteiger charge is -2.31. The summed E-state index contributed by atoms with van der Waals surface area (Å²) < 4.78 is 44.4. The van der Waals surface area contributed by atoms with Crippen molar-refractivity contribution in [3.8, 4) is 17.2 Å². The van der Waals surface area contributed by atoms with Crippen LogP contribution in [-0.4, -0.2) is 51.5 Å². The van der Waals surface area contributed by atoms with E-state index in [1.54, 1.807) is 36.4 Å². The minimum atomic E-state index is -3.71. The van der Waals surface area contributed by atoms with Crippen molar-refractivity contribution in [2.75, 3.05) is 38.2 Å². The van der Waals surface area contributed by atoms with Crippen LogP contribution in [0, 0.1) is 12.8 Å². The van der Waals surface area contributed by atoms with Gasteiger partial charge in [-0.05, 0) is 62.6 Å². The minimum absolute atomic E-state index is 0.144. The summed E-state index contributed by atoms with van der Waals surface area (Å²) in [5.41, 5.74) is 1.36. The summed E-state index contributed by atoms with van der Waals surface area (Å²) in [6, 6.07) is 10.1. The Bertz CT molecular complexity index is 1100. The number of nitrogens with one attached hydrogen (secondary N) is 1. The lowest BCUT2D eigenvalue weighted by Crippen LogP contribution is -2.43. The fraction of sp³-hybridized carbons (Fsp3) is 0.435. The maximum atomic E-state index is 13.2. The highest BCUT2D eigenvalue weighted by Crippen LogP contribution is 2.33. The molecule has 2 heterocycles. The molecule has 9 heteroatoms. The van der Waals surface area contributed by atoms with E-state index in [-0.39, 0.29) is 17.3 Å². The third kappa shape index (κ3) is 4.68. The van der Waals surface area contributed by atoms with Gasteiger partial charge in [-0.25, -0.2) is 8.42 Å². The molecule has 0 aliphatic carbocycles. The zero-order valence-corrected chi connectivity index (χ0v) is 19.1. The number of rotatable bonds is 6. The highest BCUT2D eigenvalue weighted by atomic mass is 32.2. The summed E-state index contributed by atoms with van der Waals surface area (Å²) in [6.45, 7) is 5.72. The Kier molecular flexibility index (Phi) is 6.57. The Morgan fingerprint density at radius 1 is 1.16 bits per heavy atom. The van der Waals surface area contributed by atoms with Crippen molar-refractivity contribution >= 4 is 21.6 Å². The molecule has 1 saturated heterocycles. The van der Waals surface area contributed by atoms with Gasteiger partial charge in [-0.1, -0.05) is 0 Å². The lowest BCUT2D eigenvalue weighted by atomic mass is 9.98. The summed E-state index contributed by atoms with van der Waals surface area (Å²) in [4.78, 5) is 13.1. The number of nitrogens with zero attached hydrogens (tertiary/aromatic N) is 1. The van der Waals surface area contributed by atoms with Gasteiger partial charge in [0.1, 0.15) is 19.0 Å². The van der Waals surface area contributed by atoms with Gasteiger partial charge in [-0.15, -0.1) is 0 Å². The number of sulfonamides is 1. The molecule has 4 rings (SSSR count). The molecule has 1 amide bonds. The Morgan fingerprint density at radius 3 is 2.69 bits per heavy atom. The summed E-state index contributed by atoms with van der Waals surface area (Å²) in [5.74, 6) is 1.27. The van der Waals surface area contributed by atoms with E-state index in [1.165, 1.54) is 4.31 Å². The van der Waals surface area contributed by atoms with Gasteiger partial charge in [-0.3, -0.25) is 4.79 Å². The normalized spacial score (nSPS) is 18.8. The van der Waals surface area contributed by atoms with Crippen LogP contribution in [0.1, 0.15) is 25.3 Å². The van der Waals surface area contributed by atoms with Gasteiger partial charge in [-0.2, -0.15) is 4.31 Å². The standard InChI is InChI=1S/C23H28N2O6S/c1-3-29-20-9-7-19(13-16(20)2)32(27,28)25-10-4-5-17(15-25)23(26)24-18-6-8-21-22(14-18)31-12-11-30-21/h6-9,13-14,17H,3-5,10-12,15H2,1-2H3,(H,24,26)/t17-/m0/s1. The quantitative estimate of drug-likeness (QED) is 0.712. The predicted octanol–water partition coefficient (Wildman–Crippen LogP) is 3.20. The second-order valence-electron chi connectivity index (χ2n) is 7.91. The third-order valence-corrected chi connectivity index (χ3v) is 7.51. The van der Waals surface area contributed by atoms with E-state index >= 15 is 0 Å². The Morgan fingerprint density at radius 2 is 1.94 bits per heavy atom. The SMILES string of the molecule is CCOc1ccc(S(=O)(=O)N2CCC[C@H](C(=O)Nc3ccc4c(c3)OCCO4)C2)cc1C. The van der Waals surface area contributed by atoms with Gasteiger partial charge < -0.3 is 19.5 Å². The Balaban J connectivity index is 1.45. The molecule has 0 aromatic heterocycles. The van der Waals surface area contributed by atoms with Gasteiger partial charge in [0.25, 0.3) is 0 Å². The Hall–Kier alpha value is -2.78. The van der Waals surface area contributed by atoms with Crippen molar-refractivity contribution in [1.82, 2.24) is 4.31 Å². The van der Waals surface area contributed by atoms with Gasteiger partial charge in [0.2, 0.25) is 15.9 Å². The van der Waals surface area contributed by atoms with E-state index in [0.29, 0.717) is 62.1 Å². The maximum Gasteiger partial charge on any atom is 0.243 e. The average Bonchev–Trinajstić information content (AvgIpc) is 2.80. The molecule has 0 spiro atoms. The van der Waals surface area contributed by atoms with Crippen LogP contribution in [0.3, 0.4) is 0 Å². The molecule has 2 aromatic carbocycles. The molecule has 0 bridgehead atoms. The third-order valence-electron chi connectivity index (χ3n) is 5.65. The summed E-state index contributed by atoms with van der Waals surface area (Å²) in [6.07, 6.45) is 1.25. The Labute approximate surface area is 188 Å². The summed E-state index contributed by atoms with van der Waals surface area (Å²) in [5, 5.41) is 2.89. The number of ether oxygens (including phenoxy) is 3. The van der Waals surface area contributed by atoms with Crippen LogP contribution < -0.4 is 19.5 Å². The van der Waals surface area contributed by atoms with E-state index < -0.39 is 15.9 Å². The van der Waals surface area contributed by atoms with Gasteiger partial charge in [0, 0.05) is 24.8 Å². The van der Waals surface area contributed by atoms with E-state index in [0.717, 1.165) is 5.56 Å². The van der Waals surface area contributed by atoms with Crippen LogP contribution >= 0.6 is 0 Å². The van der Waals surface area contributed by atoms with Crippen LogP contribution in [0.15, 0.2) is 41.3 Å². The number of fused-ring (bicyclic) bond motifs is 1. The number of aryl methyl sites for hydroxylation is 1. The van der Waals surface area contributed by atoms with Crippen molar-refractivity contribution in [2.45, 2.75) is 31.6 Å². The van der Waals surface area contributed by atoms with Crippen LogP contribution in [0.25, 0.3) is 0 Å². The number of hydrogen-bond donors (Lipinski definition) is 1. The monoisotopic (exact) mass is 460 g/mol. The number of piperidine rings is 1. The minimum Gasteiger partial charge on any atom is -0.494 e. The molecule has 1 atom stereocenters. The smallest absolute Gasteiger partial charge is 0.243 e. The fourth-order valence-corrected chi connectivity index (χ4v) is 5.60. The molecular formula is C23H28N2O6S. The van der Waals surface area contributed by atoms with E-state index in [2.05, 4.69) is 5.32 Å². The molecule has 1 N–H and O–H groups in total. The second kappa shape index (κ2) is 9.38. The lowest BCUT2D eigenvalue weighted by molar-refractivity contribution is -0.120. The van der Waals surface area contributed by atoms with Crippen LogP contribution in [0.5, 0.6) is 17.2 Å². The predicted molar refractivity (Wildman–Crippen MR) is 120 cm³/mol. The highest BCUT2D eigenvalue weighted by molar-refractivity contribution is 7.89. The molecule has 2 aliphatic heterocycles. The zero-order chi connectivity index (χ0) is 22.7. The molecule has 32 heavy (non-hydrogen) atoms. The number of hydrogen-bond acceptors (Lipinski definition) is 6. The molecular weight excluding hydrogens is 432 g/mol. The van der Waals surface area contributed by atoms with Crippen molar-refractivity contribution in [1.29, 1.82) is 0 Å². The fourth-order valence-electron chi connectivity index (χ4n) is 3.99. The molecule has 172 valence electrons. The van der Waals surface area contributed by atoms with Crippen molar-refractivity contribution in [3.63, 3.8) is 0 Å². The van der Waals surface area contributed by atoms with Crippen LogP contribution in [0.2, 0.25) is 0 Å². The van der Waals surface area contributed by atoms with Crippen molar-refractivity contribution in [2.24, 2.45) is 5.92 Å². The molecule has 2 aromatic rings. The van der Waals surface area contributed by atoms with Crippen molar-refractivity contribution in [3.05, 3.63) is 42.0 Å². The van der Waals surface area contributed by atoms with Crippen LogP contribution in [0.4, 0.5) is 5.69 Å². The highest BCUT2D eigenvalue weighted by Gasteiger charge is 2.33. The number of carbonyl (C=O) groups excluding carboxylic acids is 1. The van der Waals surface area contributed by atoms with E-state index in [1.807, 2.05) is 13.8 Å². The molecule has 0 unspecified atom stereocenters. The van der Waals surface area contributed by atoms with Gasteiger partial charge >= 0.3 is 0 Å². The first-order valence-electron chi connectivity index (χ1n) is 10.8. The number of amides is 1. The molecule has 0 saturated carbocycles. The van der Waals surface area contributed by atoms with E-state index in [4.69, 9.17) is 14.2 Å². The van der Waals surface area contributed by atoms with Crippen molar-refractivity contribution < 1.29 is 27.4 Å². The average molecular weight is 461 g/mol. The second-order valence-corrected chi connectivity index (χ2v) is 9.85. The largest absolute Gasteiger partial charge is 0.494 e. The molecule has 1 fully saturated rings. The molecule has 8 nitrogen and oxygen atoms in total. The number of anilines is 1. The number of carbonyl (C=O) groups is 1. The summed E-state index contributed by atoms with van der Waals surface area (Å²) >= 11 is 0. The maximum absolute atomic E-state index is 13.2. The first-order valence-corrected chi connectivity index (χ1v) is 12.3. The number of benzene rings is 2. The zero-order valence-electron chi connectivity index (χ0n) is 18.3. The molecule has 2 aliphatic rings. The molecule has 0 radical (unpaired) electrons. The van der Waals surface area contributed by atoms with E-state index in [9.17, 15) is 13.2 Å². The first kappa shape index (κ1) is 22.4. The van der Waals surface area contributed by atoms with Crippen LogP contribution in [-0.2, 0) is 14.8 Å².